The Morgan fingerprint density at radius 2 is 2.00 bits per heavy atom. The third-order valence-corrected chi connectivity index (χ3v) is 3.57. The maximum Gasteiger partial charge on any atom is 0.335 e. The van der Waals surface area contributed by atoms with Gasteiger partial charge in [-0.1, -0.05) is 12.8 Å². The van der Waals surface area contributed by atoms with E-state index in [1.54, 1.807) is 0 Å². The number of carbonyl (C=O) groups is 1. The zero-order chi connectivity index (χ0) is 11.4. The third-order valence-electron chi connectivity index (χ3n) is 3.57. The summed E-state index contributed by atoms with van der Waals surface area (Å²) in [6, 6.07) is 0. The molecule has 0 aromatic carbocycles. The minimum absolute atomic E-state index is 0.0454. The Hall–Kier alpha value is -0.610. The smallest absolute Gasteiger partial charge is 0.335 e. The van der Waals surface area contributed by atoms with Crippen LogP contribution in [0.25, 0.3) is 0 Å². The van der Waals surface area contributed by atoms with E-state index in [0.717, 1.165) is 12.8 Å². The van der Waals surface area contributed by atoms with E-state index in [2.05, 4.69) is 0 Å². The molecule has 1 saturated carbocycles. The molecule has 2 atom stereocenters. The topological polar surface area (TPSA) is 61.6 Å². The monoisotopic (exact) mass is 227 g/mol. The molecule has 2 unspecified atom stereocenters. The minimum Gasteiger partial charge on any atom is -0.463 e. The first-order valence-corrected chi connectivity index (χ1v) is 6.31. The van der Waals surface area contributed by atoms with Gasteiger partial charge in [-0.15, -0.1) is 0 Å². The maximum absolute atomic E-state index is 11.7. The molecule has 0 amide bonds. The Labute approximate surface area is 96.5 Å². The third kappa shape index (κ3) is 2.95. The van der Waals surface area contributed by atoms with Crippen LogP contribution in [0.3, 0.4) is 0 Å². The Morgan fingerprint density at radius 3 is 2.62 bits per heavy atom. The van der Waals surface area contributed by atoms with E-state index in [1.165, 1.54) is 25.7 Å². The quantitative estimate of drug-likeness (QED) is 0.734. The lowest BCUT2D eigenvalue weighted by Gasteiger charge is -2.14. The molecule has 92 valence electrons. The van der Waals surface area contributed by atoms with Crippen LogP contribution in [0.5, 0.6) is 0 Å². The summed E-state index contributed by atoms with van der Waals surface area (Å²) in [7, 11) is 0. The largest absolute Gasteiger partial charge is 0.463 e. The van der Waals surface area contributed by atoms with Crippen LogP contribution in [-0.2, 0) is 14.3 Å². The van der Waals surface area contributed by atoms with Crippen molar-refractivity contribution in [2.24, 2.45) is 11.7 Å². The highest BCUT2D eigenvalue weighted by Gasteiger charge is 2.31. The number of rotatable bonds is 4. The second-order valence-electron chi connectivity index (χ2n) is 4.84. The molecule has 0 aromatic rings. The van der Waals surface area contributed by atoms with Gasteiger partial charge in [0.25, 0.3) is 0 Å². The van der Waals surface area contributed by atoms with Gasteiger partial charge in [0.2, 0.25) is 0 Å². The van der Waals surface area contributed by atoms with E-state index < -0.39 is 0 Å². The van der Waals surface area contributed by atoms with Crippen LogP contribution >= 0.6 is 0 Å². The summed E-state index contributed by atoms with van der Waals surface area (Å²) in [5.41, 5.74) is 5.49. The fourth-order valence-electron chi connectivity index (χ4n) is 2.52. The highest BCUT2D eigenvalue weighted by molar-refractivity contribution is 5.75. The van der Waals surface area contributed by atoms with Crippen LogP contribution < -0.4 is 5.73 Å². The molecule has 0 radical (unpaired) electrons. The molecule has 1 aliphatic heterocycles. The number of hydrogen-bond acceptors (Lipinski definition) is 4. The van der Waals surface area contributed by atoms with Crippen molar-refractivity contribution in [3.8, 4) is 0 Å². The van der Waals surface area contributed by atoms with Crippen LogP contribution in [0, 0.1) is 5.92 Å². The Balaban J connectivity index is 1.67. The van der Waals surface area contributed by atoms with E-state index in [-0.39, 0.29) is 18.2 Å². The van der Waals surface area contributed by atoms with Crippen molar-refractivity contribution in [1.82, 2.24) is 0 Å². The molecule has 16 heavy (non-hydrogen) atoms. The van der Waals surface area contributed by atoms with Gasteiger partial charge in [0.15, 0.2) is 6.10 Å². The zero-order valence-electron chi connectivity index (χ0n) is 9.69. The van der Waals surface area contributed by atoms with Crippen LogP contribution in [0.1, 0.15) is 38.5 Å². The molecule has 1 heterocycles. The highest BCUT2D eigenvalue weighted by Crippen LogP contribution is 2.25. The summed E-state index contributed by atoms with van der Waals surface area (Å²) in [6.45, 7) is 1.07. The SMILES string of the molecule is NCC1CCC(C(=O)OCC2CCCC2)O1. The second kappa shape index (κ2) is 5.64. The van der Waals surface area contributed by atoms with Gasteiger partial charge < -0.3 is 15.2 Å². The Bertz CT molecular complexity index is 238. The van der Waals surface area contributed by atoms with E-state index in [9.17, 15) is 4.79 Å². The molecule has 2 fully saturated rings. The summed E-state index contributed by atoms with van der Waals surface area (Å²) >= 11 is 0. The fourth-order valence-corrected chi connectivity index (χ4v) is 2.52. The van der Waals surface area contributed by atoms with E-state index in [0.29, 0.717) is 19.1 Å². The Kier molecular flexibility index (Phi) is 4.18. The number of carbonyl (C=O) groups excluding carboxylic acids is 1. The average Bonchev–Trinajstić information content (AvgIpc) is 2.96. The first kappa shape index (κ1) is 11.9. The normalized spacial score (nSPS) is 30.8. The first-order chi connectivity index (χ1) is 7.79. The van der Waals surface area contributed by atoms with Gasteiger partial charge in [0.05, 0.1) is 12.7 Å². The Morgan fingerprint density at radius 1 is 1.25 bits per heavy atom. The molecule has 2 aliphatic rings. The molecule has 2 rings (SSSR count). The number of ether oxygens (including phenoxy) is 2. The van der Waals surface area contributed by atoms with Crippen molar-refractivity contribution < 1.29 is 14.3 Å². The van der Waals surface area contributed by atoms with Crippen molar-refractivity contribution in [2.45, 2.75) is 50.7 Å². The van der Waals surface area contributed by atoms with Crippen molar-refractivity contribution in [1.29, 1.82) is 0 Å². The van der Waals surface area contributed by atoms with Crippen LogP contribution in [0.15, 0.2) is 0 Å². The van der Waals surface area contributed by atoms with Crippen molar-refractivity contribution in [3.05, 3.63) is 0 Å². The number of hydrogen-bond donors (Lipinski definition) is 1. The van der Waals surface area contributed by atoms with Gasteiger partial charge in [-0.05, 0) is 31.6 Å². The molecule has 1 saturated heterocycles. The van der Waals surface area contributed by atoms with E-state index >= 15 is 0 Å². The molecule has 4 heteroatoms. The summed E-state index contributed by atoms with van der Waals surface area (Å²) in [4.78, 5) is 11.7. The first-order valence-electron chi connectivity index (χ1n) is 6.31. The van der Waals surface area contributed by atoms with Crippen molar-refractivity contribution >= 4 is 5.97 Å². The molecule has 1 aliphatic carbocycles. The van der Waals surface area contributed by atoms with Gasteiger partial charge in [-0.2, -0.15) is 0 Å². The van der Waals surface area contributed by atoms with Gasteiger partial charge in [-0.25, -0.2) is 4.79 Å². The molecular formula is C12H21NO3. The van der Waals surface area contributed by atoms with Crippen LogP contribution in [-0.4, -0.2) is 31.3 Å². The lowest BCUT2D eigenvalue weighted by molar-refractivity contribution is -0.157. The predicted molar refractivity (Wildman–Crippen MR) is 59.9 cm³/mol. The lowest BCUT2D eigenvalue weighted by atomic mass is 10.1. The summed E-state index contributed by atoms with van der Waals surface area (Å²) in [5, 5.41) is 0. The minimum atomic E-state index is -0.366. The molecule has 0 spiro atoms. The maximum atomic E-state index is 11.7. The predicted octanol–water partition coefficient (Wildman–Crippen LogP) is 1.23. The average molecular weight is 227 g/mol. The highest BCUT2D eigenvalue weighted by atomic mass is 16.6. The molecule has 2 N–H and O–H groups in total. The summed E-state index contributed by atoms with van der Waals surface area (Å²) < 4.78 is 10.8. The summed E-state index contributed by atoms with van der Waals surface area (Å²) in [5.74, 6) is 0.388. The molecule has 0 aromatic heterocycles. The van der Waals surface area contributed by atoms with Gasteiger partial charge in [0, 0.05) is 6.54 Å². The van der Waals surface area contributed by atoms with Gasteiger partial charge in [-0.3, -0.25) is 0 Å². The summed E-state index contributed by atoms with van der Waals surface area (Å²) in [6.07, 6.45) is 6.26. The van der Waals surface area contributed by atoms with Gasteiger partial charge in [0.1, 0.15) is 0 Å². The standard InChI is InChI=1S/C12H21NO3/c13-7-10-5-6-11(16-10)12(14)15-8-9-3-1-2-4-9/h9-11H,1-8,13H2. The van der Waals surface area contributed by atoms with E-state index in [4.69, 9.17) is 15.2 Å². The molecule has 0 bridgehead atoms. The number of nitrogens with two attached hydrogens (primary N) is 1. The molecule has 4 nitrogen and oxygen atoms in total. The fraction of sp³-hybridized carbons (Fsp3) is 0.917. The zero-order valence-corrected chi connectivity index (χ0v) is 9.69. The molecular weight excluding hydrogens is 206 g/mol. The van der Waals surface area contributed by atoms with E-state index in [1.807, 2.05) is 0 Å². The second-order valence-corrected chi connectivity index (χ2v) is 4.84. The van der Waals surface area contributed by atoms with Crippen LogP contribution in [0.4, 0.5) is 0 Å². The lowest BCUT2D eigenvalue weighted by Crippen LogP contribution is -2.27. The number of esters is 1. The van der Waals surface area contributed by atoms with Crippen molar-refractivity contribution in [2.75, 3.05) is 13.2 Å². The van der Waals surface area contributed by atoms with Gasteiger partial charge >= 0.3 is 5.97 Å². The van der Waals surface area contributed by atoms with Crippen LogP contribution in [0.2, 0.25) is 0 Å². The van der Waals surface area contributed by atoms with Crippen molar-refractivity contribution in [3.63, 3.8) is 0 Å².